The summed E-state index contributed by atoms with van der Waals surface area (Å²) < 4.78 is 13.1. The van der Waals surface area contributed by atoms with E-state index in [1.165, 1.54) is 0 Å². The number of amides is 2. The Hall–Kier alpha value is -2.77. The van der Waals surface area contributed by atoms with Gasteiger partial charge in [-0.2, -0.15) is 0 Å². The van der Waals surface area contributed by atoms with Crippen LogP contribution in [0, 0.1) is 0 Å². The van der Waals surface area contributed by atoms with Gasteiger partial charge in [-0.25, -0.2) is 4.79 Å². The van der Waals surface area contributed by atoms with Crippen LogP contribution in [0.4, 0.5) is 4.79 Å². The average molecular weight is 359 g/mol. The summed E-state index contributed by atoms with van der Waals surface area (Å²) in [5.41, 5.74) is 0.998. The highest BCUT2D eigenvalue weighted by Crippen LogP contribution is 2.33. The molecule has 2 amide bonds. The Balaban J connectivity index is 1.55. The number of nitrogens with zero attached hydrogens (tertiary/aromatic N) is 4. The first-order valence-corrected chi connectivity index (χ1v) is 8.87. The lowest BCUT2D eigenvalue weighted by Crippen LogP contribution is -2.39. The van der Waals surface area contributed by atoms with E-state index in [1.807, 2.05) is 36.6 Å². The molecule has 0 unspecified atom stereocenters. The SMILES string of the molecule is CCn1cnnc1CCNC(=O)N(C)[C@H](C)c1ccc2c(c1)OCCO2. The quantitative estimate of drug-likeness (QED) is 0.853. The minimum atomic E-state index is -0.130. The molecule has 1 aromatic heterocycles. The molecule has 1 atom stereocenters. The number of ether oxygens (including phenoxy) is 2. The van der Waals surface area contributed by atoms with E-state index in [2.05, 4.69) is 15.5 Å². The first-order chi connectivity index (χ1) is 12.6. The van der Waals surface area contributed by atoms with Crippen molar-refractivity contribution in [1.29, 1.82) is 0 Å². The van der Waals surface area contributed by atoms with Crippen LogP contribution in [0.25, 0.3) is 0 Å². The second kappa shape index (κ2) is 8.07. The van der Waals surface area contributed by atoms with Crippen molar-refractivity contribution in [1.82, 2.24) is 25.0 Å². The summed E-state index contributed by atoms with van der Waals surface area (Å²) in [6.07, 6.45) is 2.35. The monoisotopic (exact) mass is 359 g/mol. The summed E-state index contributed by atoms with van der Waals surface area (Å²) in [5, 5.41) is 10.9. The maximum Gasteiger partial charge on any atom is 0.317 e. The molecule has 8 heteroatoms. The highest BCUT2D eigenvalue weighted by molar-refractivity contribution is 5.74. The zero-order valence-electron chi connectivity index (χ0n) is 15.4. The van der Waals surface area contributed by atoms with Crippen LogP contribution in [0.3, 0.4) is 0 Å². The number of aryl methyl sites for hydroxylation is 1. The standard InChI is InChI=1S/C18H25N5O3/c1-4-23-12-20-21-17(23)7-8-19-18(24)22(3)13(2)14-5-6-15-16(11-14)26-10-9-25-15/h5-6,11-13H,4,7-10H2,1-3H3,(H,19,24)/t13-/m1/s1. The van der Waals surface area contributed by atoms with Gasteiger partial charge in [0.2, 0.25) is 0 Å². The van der Waals surface area contributed by atoms with Crippen molar-refractivity contribution >= 4 is 6.03 Å². The third-order valence-corrected chi connectivity index (χ3v) is 4.61. The van der Waals surface area contributed by atoms with E-state index in [0.29, 0.717) is 26.2 Å². The fourth-order valence-electron chi connectivity index (χ4n) is 2.86. The van der Waals surface area contributed by atoms with Gasteiger partial charge >= 0.3 is 6.03 Å². The van der Waals surface area contributed by atoms with Crippen LogP contribution in [0.2, 0.25) is 0 Å². The Morgan fingerprint density at radius 2 is 2.12 bits per heavy atom. The van der Waals surface area contributed by atoms with Gasteiger partial charge in [-0.05, 0) is 31.5 Å². The molecule has 0 saturated heterocycles. The van der Waals surface area contributed by atoms with Crippen LogP contribution in [0.15, 0.2) is 24.5 Å². The van der Waals surface area contributed by atoms with Crippen LogP contribution in [0.1, 0.15) is 31.3 Å². The van der Waals surface area contributed by atoms with Gasteiger partial charge in [-0.15, -0.1) is 10.2 Å². The van der Waals surface area contributed by atoms with Crippen LogP contribution < -0.4 is 14.8 Å². The maximum atomic E-state index is 12.4. The van der Waals surface area contributed by atoms with Crippen molar-refractivity contribution < 1.29 is 14.3 Å². The van der Waals surface area contributed by atoms with Crippen LogP contribution in [-0.4, -0.2) is 52.5 Å². The van der Waals surface area contributed by atoms with E-state index >= 15 is 0 Å². The lowest BCUT2D eigenvalue weighted by Gasteiger charge is -2.27. The molecular weight excluding hydrogens is 334 g/mol. The molecule has 1 aliphatic heterocycles. The van der Waals surface area contributed by atoms with E-state index in [1.54, 1.807) is 18.3 Å². The Bertz CT molecular complexity index is 761. The smallest absolute Gasteiger partial charge is 0.317 e. The molecule has 1 aromatic carbocycles. The van der Waals surface area contributed by atoms with Gasteiger partial charge in [-0.1, -0.05) is 6.07 Å². The van der Waals surface area contributed by atoms with Gasteiger partial charge in [-0.3, -0.25) is 0 Å². The molecule has 3 rings (SSSR count). The van der Waals surface area contributed by atoms with Gasteiger partial charge < -0.3 is 24.3 Å². The molecule has 0 saturated carbocycles. The fourth-order valence-corrected chi connectivity index (χ4v) is 2.86. The molecule has 26 heavy (non-hydrogen) atoms. The number of carbonyl (C=O) groups is 1. The van der Waals surface area contributed by atoms with Gasteiger partial charge in [0.25, 0.3) is 0 Å². The molecule has 1 aliphatic rings. The molecule has 2 aromatic rings. The Labute approximate surface area is 153 Å². The second-order valence-corrected chi connectivity index (χ2v) is 6.21. The van der Waals surface area contributed by atoms with E-state index < -0.39 is 0 Å². The second-order valence-electron chi connectivity index (χ2n) is 6.21. The summed E-state index contributed by atoms with van der Waals surface area (Å²) >= 11 is 0. The Kier molecular flexibility index (Phi) is 5.60. The number of hydrogen-bond donors (Lipinski definition) is 1. The van der Waals surface area contributed by atoms with Crippen LogP contribution >= 0.6 is 0 Å². The van der Waals surface area contributed by atoms with Gasteiger partial charge in [0.15, 0.2) is 11.5 Å². The summed E-state index contributed by atoms with van der Waals surface area (Å²) in [5.74, 6) is 2.35. The number of benzene rings is 1. The van der Waals surface area contributed by atoms with Crippen molar-refractivity contribution in [3.8, 4) is 11.5 Å². The van der Waals surface area contributed by atoms with Crippen molar-refractivity contribution in [3.05, 3.63) is 35.9 Å². The zero-order valence-corrected chi connectivity index (χ0v) is 15.4. The van der Waals surface area contributed by atoms with Gasteiger partial charge in [0.05, 0.1) is 6.04 Å². The predicted molar refractivity (Wildman–Crippen MR) is 96.4 cm³/mol. The molecule has 140 valence electrons. The van der Waals surface area contributed by atoms with Crippen molar-refractivity contribution in [2.75, 3.05) is 26.8 Å². The lowest BCUT2D eigenvalue weighted by molar-refractivity contribution is 0.170. The fraction of sp³-hybridized carbons (Fsp3) is 0.500. The normalized spacial score (nSPS) is 14.0. The van der Waals surface area contributed by atoms with E-state index in [0.717, 1.165) is 29.4 Å². The maximum absolute atomic E-state index is 12.4. The Morgan fingerprint density at radius 3 is 2.88 bits per heavy atom. The molecule has 0 bridgehead atoms. The molecule has 0 fully saturated rings. The van der Waals surface area contributed by atoms with Gasteiger partial charge in [0.1, 0.15) is 25.4 Å². The highest BCUT2D eigenvalue weighted by Gasteiger charge is 2.20. The van der Waals surface area contributed by atoms with E-state index in [4.69, 9.17) is 9.47 Å². The lowest BCUT2D eigenvalue weighted by atomic mass is 10.1. The number of aromatic nitrogens is 3. The first kappa shape index (κ1) is 18.0. The minimum Gasteiger partial charge on any atom is -0.486 e. The van der Waals surface area contributed by atoms with Crippen molar-refractivity contribution in [2.24, 2.45) is 0 Å². The number of carbonyl (C=O) groups excluding carboxylic acids is 1. The third-order valence-electron chi connectivity index (χ3n) is 4.61. The molecule has 0 aliphatic carbocycles. The van der Waals surface area contributed by atoms with Crippen LogP contribution in [0.5, 0.6) is 11.5 Å². The predicted octanol–water partition coefficient (Wildman–Crippen LogP) is 2.01. The number of fused-ring (bicyclic) bond motifs is 1. The summed E-state index contributed by atoms with van der Waals surface area (Å²) in [6, 6.07) is 5.57. The molecule has 8 nitrogen and oxygen atoms in total. The topological polar surface area (TPSA) is 81.5 Å². The van der Waals surface area contributed by atoms with E-state index in [-0.39, 0.29) is 12.1 Å². The largest absolute Gasteiger partial charge is 0.486 e. The minimum absolute atomic E-state index is 0.0925. The molecule has 2 heterocycles. The third kappa shape index (κ3) is 3.89. The van der Waals surface area contributed by atoms with E-state index in [9.17, 15) is 4.79 Å². The summed E-state index contributed by atoms with van der Waals surface area (Å²) in [7, 11) is 1.78. The average Bonchev–Trinajstić information content (AvgIpc) is 3.13. The number of rotatable bonds is 6. The van der Waals surface area contributed by atoms with Gasteiger partial charge in [0, 0.05) is 26.6 Å². The number of urea groups is 1. The van der Waals surface area contributed by atoms with Crippen LogP contribution in [-0.2, 0) is 13.0 Å². The van der Waals surface area contributed by atoms with Crippen molar-refractivity contribution in [3.63, 3.8) is 0 Å². The molecular formula is C18H25N5O3. The molecule has 0 radical (unpaired) electrons. The zero-order chi connectivity index (χ0) is 18.5. The number of nitrogens with one attached hydrogen (secondary N) is 1. The molecule has 0 spiro atoms. The van der Waals surface area contributed by atoms with Crippen molar-refractivity contribution in [2.45, 2.75) is 32.9 Å². The molecule has 1 N–H and O–H groups in total. The first-order valence-electron chi connectivity index (χ1n) is 8.87. The Morgan fingerprint density at radius 1 is 1.35 bits per heavy atom. The highest BCUT2D eigenvalue weighted by atomic mass is 16.6. The number of hydrogen-bond acceptors (Lipinski definition) is 5. The summed E-state index contributed by atoms with van der Waals surface area (Å²) in [4.78, 5) is 14.1. The summed E-state index contributed by atoms with van der Waals surface area (Å²) in [6.45, 7) is 6.46.